The van der Waals surface area contributed by atoms with Crippen molar-refractivity contribution < 1.29 is 0 Å². The summed E-state index contributed by atoms with van der Waals surface area (Å²) < 4.78 is 0. The first-order valence-corrected chi connectivity index (χ1v) is 5.87. The Morgan fingerprint density at radius 1 is 0.938 bits per heavy atom. The molecule has 0 saturated carbocycles. The SMILES string of the molecule is CCN(C)c1nc(Cl)nc(N(CC)CC)n1. The molecule has 0 radical (unpaired) electrons. The Kier molecular flexibility index (Phi) is 4.73. The van der Waals surface area contributed by atoms with Crippen LogP contribution < -0.4 is 9.80 Å². The van der Waals surface area contributed by atoms with Crippen molar-refractivity contribution in [2.24, 2.45) is 0 Å². The standard InChI is InChI=1S/C10H18ClN5/c1-5-15(4)9-12-8(11)13-10(14-9)16(6-2)7-3/h5-7H2,1-4H3. The fourth-order valence-electron chi connectivity index (χ4n) is 1.29. The van der Waals surface area contributed by atoms with E-state index in [1.165, 1.54) is 0 Å². The fourth-order valence-corrected chi connectivity index (χ4v) is 1.44. The average molecular weight is 244 g/mol. The van der Waals surface area contributed by atoms with Gasteiger partial charge in [-0.3, -0.25) is 0 Å². The van der Waals surface area contributed by atoms with Crippen molar-refractivity contribution in [2.75, 3.05) is 36.5 Å². The Labute approximate surface area is 101 Å². The zero-order chi connectivity index (χ0) is 12.1. The summed E-state index contributed by atoms with van der Waals surface area (Å²) in [5.41, 5.74) is 0. The van der Waals surface area contributed by atoms with Gasteiger partial charge in [0, 0.05) is 26.7 Å². The van der Waals surface area contributed by atoms with Gasteiger partial charge in [0.15, 0.2) is 0 Å². The highest BCUT2D eigenvalue weighted by Gasteiger charge is 2.11. The summed E-state index contributed by atoms with van der Waals surface area (Å²) in [7, 11) is 1.93. The predicted molar refractivity (Wildman–Crippen MR) is 67.3 cm³/mol. The quantitative estimate of drug-likeness (QED) is 0.790. The second kappa shape index (κ2) is 5.84. The van der Waals surface area contributed by atoms with E-state index in [1.807, 2.05) is 23.8 Å². The lowest BCUT2D eigenvalue weighted by molar-refractivity contribution is 0.797. The first-order valence-electron chi connectivity index (χ1n) is 5.50. The van der Waals surface area contributed by atoms with Crippen molar-refractivity contribution in [2.45, 2.75) is 20.8 Å². The zero-order valence-electron chi connectivity index (χ0n) is 10.2. The number of hydrogen-bond donors (Lipinski definition) is 0. The van der Waals surface area contributed by atoms with E-state index in [-0.39, 0.29) is 5.28 Å². The van der Waals surface area contributed by atoms with Crippen LogP contribution in [0.5, 0.6) is 0 Å². The highest BCUT2D eigenvalue weighted by molar-refractivity contribution is 6.28. The first-order chi connectivity index (χ1) is 7.62. The summed E-state index contributed by atoms with van der Waals surface area (Å²) in [6, 6.07) is 0. The number of aromatic nitrogens is 3. The Balaban J connectivity index is 3.06. The molecule has 0 bridgehead atoms. The number of nitrogens with zero attached hydrogens (tertiary/aromatic N) is 5. The Bertz CT molecular complexity index is 340. The van der Waals surface area contributed by atoms with E-state index in [4.69, 9.17) is 11.6 Å². The average Bonchev–Trinajstić information content (AvgIpc) is 2.29. The molecule has 0 spiro atoms. The van der Waals surface area contributed by atoms with Gasteiger partial charge in [-0.05, 0) is 32.4 Å². The molecule has 6 heteroatoms. The third-order valence-corrected chi connectivity index (χ3v) is 2.62. The van der Waals surface area contributed by atoms with Crippen LogP contribution in [0.2, 0.25) is 5.28 Å². The Hall–Kier alpha value is -1.10. The van der Waals surface area contributed by atoms with Gasteiger partial charge in [0.2, 0.25) is 17.2 Å². The molecular formula is C10H18ClN5. The molecule has 90 valence electrons. The molecule has 0 saturated heterocycles. The molecule has 0 N–H and O–H groups in total. The monoisotopic (exact) mass is 243 g/mol. The lowest BCUT2D eigenvalue weighted by Crippen LogP contribution is -2.26. The molecule has 0 aliphatic carbocycles. The lowest BCUT2D eigenvalue weighted by Gasteiger charge is -2.21. The van der Waals surface area contributed by atoms with Gasteiger partial charge >= 0.3 is 0 Å². The molecule has 0 fully saturated rings. The van der Waals surface area contributed by atoms with Crippen molar-refractivity contribution in [1.82, 2.24) is 15.0 Å². The second-order valence-corrected chi connectivity index (χ2v) is 3.73. The van der Waals surface area contributed by atoms with Gasteiger partial charge in [-0.1, -0.05) is 0 Å². The van der Waals surface area contributed by atoms with Crippen molar-refractivity contribution >= 4 is 23.5 Å². The van der Waals surface area contributed by atoms with E-state index in [2.05, 4.69) is 28.8 Å². The normalized spacial score (nSPS) is 10.3. The molecule has 0 atom stereocenters. The van der Waals surface area contributed by atoms with Gasteiger partial charge in [-0.15, -0.1) is 0 Å². The van der Waals surface area contributed by atoms with Gasteiger partial charge in [-0.2, -0.15) is 15.0 Å². The summed E-state index contributed by atoms with van der Waals surface area (Å²) >= 11 is 5.89. The molecule has 1 aromatic heterocycles. The molecule has 0 aromatic carbocycles. The van der Waals surface area contributed by atoms with E-state index >= 15 is 0 Å². The molecule has 0 aliphatic heterocycles. The third-order valence-electron chi connectivity index (χ3n) is 2.45. The van der Waals surface area contributed by atoms with Crippen LogP contribution in [0.4, 0.5) is 11.9 Å². The van der Waals surface area contributed by atoms with Crippen molar-refractivity contribution in [1.29, 1.82) is 0 Å². The van der Waals surface area contributed by atoms with E-state index in [0.717, 1.165) is 19.6 Å². The van der Waals surface area contributed by atoms with Crippen LogP contribution in [0, 0.1) is 0 Å². The predicted octanol–water partition coefficient (Wildman–Crippen LogP) is 1.83. The van der Waals surface area contributed by atoms with E-state index in [1.54, 1.807) is 0 Å². The molecule has 16 heavy (non-hydrogen) atoms. The molecule has 0 aliphatic rings. The summed E-state index contributed by atoms with van der Waals surface area (Å²) in [5, 5.41) is 0.243. The summed E-state index contributed by atoms with van der Waals surface area (Å²) in [6.45, 7) is 8.69. The first kappa shape index (κ1) is 13.0. The summed E-state index contributed by atoms with van der Waals surface area (Å²) in [5.74, 6) is 1.25. The fraction of sp³-hybridized carbons (Fsp3) is 0.700. The third kappa shape index (κ3) is 2.95. The van der Waals surface area contributed by atoms with Gasteiger partial charge in [0.1, 0.15) is 0 Å². The lowest BCUT2D eigenvalue weighted by atomic mass is 10.5. The van der Waals surface area contributed by atoms with Crippen LogP contribution in [-0.2, 0) is 0 Å². The van der Waals surface area contributed by atoms with Crippen molar-refractivity contribution in [3.8, 4) is 0 Å². The van der Waals surface area contributed by atoms with Crippen LogP contribution in [0.3, 0.4) is 0 Å². The zero-order valence-corrected chi connectivity index (χ0v) is 11.0. The van der Waals surface area contributed by atoms with Crippen LogP contribution in [0.15, 0.2) is 0 Å². The largest absolute Gasteiger partial charge is 0.344 e. The van der Waals surface area contributed by atoms with Crippen molar-refractivity contribution in [3.05, 3.63) is 5.28 Å². The Morgan fingerprint density at radius 2 is 1.50 bits per heavy atom. The topological polar surface area (TPSA) is 45.2 Å². The number of rotatable bonds is 5. The number of halogens is 1. The summed E-state index contributed by atoms with van der Waals surface area (Å²) in [6.07, 6.45) is 0. The maximum Gasteiger partial charge on any atom is 0.231 e. The summed E-state index contributed by atoms with van der Waals surface area (Å²) in [4.78, 5) is 16.6. The second-order valence-electron chi connectivity index (χ2n) is 3.39. The molecule has 0 amide bonds. The number of anilines is 2. The molecule has 1 rings (SSSR count). The minimum Gasteiger partial charge on any atom is -0.344 e. The van der Waals surface area contributed by atoms with E-state index in [9.17, 15) is 0 Å². The van der Waals surface area contributed by atoms with Crippen LogP contribution in [0.25, 0.3) is 0 Å². The highest BCUT2D eigenvalue weighted by atomic mass is 35.5. The van der Waals surface area contributed by atoms with Gasteiger partial charge in [0.05, 0.1) is 0 Å². The molecule has 1 aromatic rings. The van der Waals surface area contributed by atoms with Gasteiger partial charge in [-0.25, -0.2) is 0 Å². The van der Waals surface area contributed by atoms with Crippen molar-refractivity contribution in [3.63, 3.8) is 0 Å². The maximum absolute atomic E-state index is 5.89. The maximum atomic E-state index is 5.89. The van der Waals surface area contributed by atoms with Crippen LogP contribution >= 0.6 is 11.6 Å². The molecule has 0 unspecified atom stereocenters. The molecular weight excluding hydrogens is 226 g/mol. The minimum atomic E-state index is 0.243. The minimum absolute atomic E-state index is 0.243. The van der Waals surface area contributed by atoms with Gasteiger partial charge < -0.3 is 9.80 Å². The van der Waals surface area contributed by atoms with E-state index in [0.29, 0.717) is 11.9 Å². The molecule has 5 nitrogen and oxygen atoms in total. The van der Waals surface area contributed by atoms with Crippen LogP contribution in [-0.4, -0.2) is 41.6 Å². The molecule has 1 heterocycles. The van der Waals surface area contributed by atoms with Crippen LogP contribution in [0.1, 0.15) is 20.8 Å². The Morgan fingerprint density at radius 3 is 2.00 bits per heavy atom. The number of hydrogen-bond acceptors (Lipinski definition) is 5. The van der Waals surface area contributed by atoms with E-state index < -0.39 is 0 Å². The smallest absolute Gasteiger partial charge is 0.231 e. The van der Waals surface area contributed by atoms with Gasteiger partial charge in [0.25, 0.3) is 0 Å². The highest BCUT2D eigenvalue weighted by Crippen LogP contribution is 2.15.